The average molecular weight is 270 g/mol. The third-order valence-electron chi connectivity index (χ3n) is 3.46. The molecule has 1 aliphatic rings. The van der Waals surface area contributed by atoms with Crippen molar-refractivity contribution in [3.05, 3.63) is 34.6 Å². The summed E-state index contributed by atoms with van der Waals surface area (Å²) in [6.45, 7) is 3.22. The van der Waals surface area contributed by atoms with Gasteiger partial charge < -0.3 is 5.32 Å². The molecule has 18 heavy (non-hydrogen) atoms. The van der Waals surface area contributed by atoms with Crippen LogP contribution in [0.5, 0.6) is 0 Å². The lowest BCUT2D eigenvalue weighted by Crippen LogP contribution is -2.32. The van der Waals surface area contributed by atoms with Crippen LogP contribution in [-0.4, -0.2) is 12.6 Å². The molecule has 1 saturated carbocycles. The minimum atomic E-state index is -0.333. The Balaban J connectivity index is 1.94. The summed E-state index contributed by atoms with van der Waals surface area (Å²) < 4.78 is 13.1. The topological polar surface area (TPSA) is 12.0 Å². The van der Waals surface area contributed by atoms with Crippen LogP contribution >= 0.6 is 11.6 Å². The molecule has 0 radical (unpaired) electrons. The maximum Gasteiger partial charge on any atom is 0.141 e. The van der Waals surface area contributed by atoms with Gasteiger partial charge in [0.1, 0.15) is 5.82 Å². The fourth-order valence-corrected chi connectivity index (χ4v) is 2.50. The van der Waals surface area contributed by atoms with E-state index < -0.39 is 0 Å². The first-order chi connectivity index (χ1) is 8.69. The third kappa shape index (κ3) is 4.25. The smallest absolute Gasteiger partial charge is 0.141 e. The summed E-state index contributed by atoms with van der Waals surface area (Å²) >= 11 is 5.82. The highest BCUT2D eigenvalue weighted by Gasteiger charge is 2.25. The first-order valence-corrected chi connectivity index (χ1v) is 7.24. The average Bonchev–Trinajstić information content (AvgIpc) is 3.15. The Labute approximate surface area is 114 Å². The predicted molar refractivity (Wildman–Crippen MR) is 74.5 cm³/mol. The summed E-state index contributed by atoms with van der Waals surface area (Å²) in [4.78, 5) is 0. The van der Waals surface area contributed by atoms with Gasteiger partial charge in [-0.3, -0.25) is 0 Å². The third-order valence-corrected chi connectivity index (χ3v) is 3.75. The van der Waals surface area contributed by atoms with Crippen LogP contribution in [0.4, 0.5) is 4.39 Å². The fraction of sp³-hybridized carbons (Fsp3) is 0.600. The van der Waals surface area contributed by atoms with E-state index in [1.54, 1.807) is 6.07 Å². The van der Waals surface area contributed by atoms with Gasteiger partial charge in [0.25, 0.3) is 0 Å². The van der Waals surface area contributed by atoms with Gasteiger partial charge in [-0.2, -0.15) is 0 Å². The maximum atomic E-state index is 13.1. The monoisotopic (exact) mass is 269 g/mol. The van der Waals surface area contributed by atoms with E-state index in [9.17, 15) is 4.39 Å². The van der Waals surface area contributed by atoms with Crippen molar-refractivity contribution in [2.45, 2.75) is 45.1 Å². The number of nitrogens with one attached hydrogen (secondary N) is 1. The standard InChI is InChI=1S/C15H21ClFN/c1-2-7-18-13(8-11-3-4-11)9-12-5-6-15(17)14(16)10-12/h5-6,10-11,13,18H,2-4,7-9H2,1H3. The minimum absolute atomic E-state index is 0.230. The molecular weight excluding hydrogens is 249 g/mol. The number of halogens is 2. The van der Waals surface area contributed by atoms with Gasteiger partial charge in [0, 0.05) is 6.04 Å². The highest BCUT2D eigenvalue weighted by atomic mass is 35.5. The zero-order valence-electron chi connectivity index (χ0n) is 10.9. The first-order valence-electron chi connectivity index (χ1n) is 6.86. The normalized spacial score (nSPS) is 16.8. The highest BCUT2D eigenvalue weighted by Crippen LogP contribution is 2.34. The molecule has 1 aromatic carbocycles. The summed E-state index contributed by atoms with van der Waals surface area (Å²) in [7, 11) is 0. The van der Waals surface area contributed by atoms with Crippen LogP contribution < -0.4 is 5.32 Å². The highest BCUT2D eigenvalue weighted by molar-refractivity contribution is 6.30. The Bertz CT molecular complexity index is 390. The van der Waals surface area contributed by atoms with E-state index in [1.807, 2.05) is 6.07 Å². The van der Waals surface area contributed by atoms with E-state index in [0.29, 0.717) is 6.04 Å². The van der Waals surface area contributed by atoms with Crippen molar-refractivity contribution < 1.29 is 4.39 Å². The summed E-state index contributed by atoms with van der Waals surface area (Å²) in [5.41, 5.74) is 1.12. The molecule has 3 heteroatoms. The molecule has 1 atom stereocenters. The van der Waals surface area contributed by atoms with Gasteiger partial charge in [-0.1, -0.05) is 37.4 Å². The van der Waals surface area contributed by atoms with E-state index in [2.05, 4.69) is 12.2 Å². The lowest BCUT2D eigenvalue weighted by Gasteiger charge is -2.18. The van der Waals surface area contributed by atoms with Crippen molar-refractivity contribution in [2.75, 3.05) is 6.54 Å². The van der Waals surface area contributed by atoms with E-state index in [4.69, 9.17) is 11.6 Å². The van der Waals surface area contributed by atoms with Gasteiger partial charge in [0.05, 0.1) is 5.02 Å². The second-order valence-electron chi connectivity index (χ2n) is 5.28. The molecule has 1 aromatic rings. The second-order valence-corrected chi connectivity index (χ2v) is 5.69. The van der Waals surface area contributed by atoms with Crippen LogP contribution in [0.25, 0.3) is 0 Å². The first kappa shape index (κ1) is 13.8. The molecule has 0 saturated heterocycles. The zero-order chi connectivity index (χ0) is 13.0. The van der Waals surface area contributed by atoms with E-state index in [-0.39, 0.29) is 10.8 Å². The Morgan fingerprint density at radius 1 is 1.44 bits per heavy atom. The number of hydrogen-bond acceptors (Lipinski definition) is 1. The molecule has 0 heterocycles. The van der Waals surface area contributed by atoms with Gasteiger partial charge in [0.15, 0.2) is 0 Å². The van der Waals surface area contributed by atoms with Crippen LogP contribution in [0.1, 0.15) is 38.2 Å². The van der Waals surface area contributed by atoms with Crippen LogP contribution in [0.2, 0.25) is 5.02 Å². The molecule has 1 nitrogen and oxygen atoms in total. The summed E-state index contributed by atoms with van der Waals surface area (Å²) in [5, 5.41) is 3.82. The molecule has 1 N–H and O–H groups in total. The summed E-state index contributed by atoms with van der Waals surface area (Å²) in [6.07, 6.45) is 6.06. The van der Waals surface area contributed by atoms with E-state index in [0.717, 1.165) is 30.9 Å². The van der Waals surface area contributed by atoms with Crippen molar-refractivity contribution in [1.29, 1.82) is 0 Å². The Hall–Kier alpha value is -0.600. The number of rotatable bonds is 7. The Morgan fingerprint density at radius 2 is 2.22 bits per heavy atom. The maximum absolute atomic E-state index is 13.1. The molecule has 1 unspecified atom stereocenters. The number of benzene rings is 1. The molecule has 0 spiro atoms. The van der Waals surface area contributed by atoms with Gasteiger partial charge in [-0.25, -0.2) is 4.39 Å². The van der Waals surface area contributed by atoms with Crippen LogP contribution in [0.15, 0.2) is 18.2 Å². The van der Waals surface area contributed by atoms with Crippen molar-refractivity contribution in [3.8, 4) is 0 Å². The largest absolute Gasteiger partial charge is 0.314 e. The second kappa shape index (κ2) is 6.53. The summed E-state index contributed by atoms with van der Waals surface area (Å²) in [5.74, 6) is 0.566. The van der Waals surface area contributed by atoms with Crippen LogP contribution in [0, 0.1) is 11.7 Å². The Morgan fingerprint density at radius 3 is 2.83 bits per heavy atom. The van der Waals surface area contributed by atoms with Crippen molar-refractivity contribution in [3.63, 3.8) is 0 Å². The lowest BCUT2D eigenvalue weighted by atomic mass is 10.0. The van der Waals surface area contributed by atoms with Gasteiger partial charge in [-0.15, -0.1) is 0 Å². The predicted octanol–water partition coefficient (Wildman–Crippen LogP) is 4.19. The van der Waals surface area contributed by atoms with Crippen LogP contribution in [-0.2, 0) is 6.42 Å². The molecule has 0 aromatic heterocycles. The Kier molecular flexibility index (Phi) is 5.02. The molecular formula is C15H21ClFN. The van der Waals surface area contributed by atoms with Crippen molar-refractivity contribution in [2.24, 2.45) is 5.92 Å². The van der Waals surface area contributed by atoms with Gasteiger partial charge >= 0.3 is 0 Å². The van der Waals surface area contributed by atoms with E-state index in [1.165, 1.54) is 25.3 Å². The molecule has 2 rings (SSSR count). The van der Waals surface area contributed by atoms with Crippen LogP contribution in [0.3, 0.4) is 0 Å². The molecule has 100 valence electrons. The zero-order valence-corrected chi connectivity index (χ0v) is 11.6. The van der Waals surface area contributed by atoms with Gasteiger partial charge in [-0.05, 0) is 49.4 Å². The number of hydrogen-bond donors (Lipinski definition) is 1. The lowest BCUT2D eigenvalue weighted by molar-refractivity contribution is 0.454. The molecule has 1 fully saturated rings. The van der Waals surface area contributed by atoms with Crippen molar-refractivity contribution in [1.82, 2.24) is 5.32 Å². The molecule has 0 bridgehead atoms. The fourth-order valence-electron chi connectivity index (χ4n) is 2.29. The minimum Gasteiger partial charge on any atom is -0.314 e. The van der Waals surface area contributed by atoms with E-state index >= 15 is 0 Å². The summed E-state index contributed by atoms with van der Waals surface area (Å²) in [6, 6.07) is 5.56. The molecule has 1 aliphatic carbocycles. The van der Waals surface area contributed by atoms with Gasteiger partial charge in [0.2, 0.25) is 0 Å². The van der Waals surface area contributed by atoms with Crippen molar-refractivity contribution >= 4 is 11.6 Å². The quantitative estimate of drug-likeness (QED) is 0.783. The SMILES string of the molecule is CCCNC(Cc1ccc(F)c(Cl)c1)CC1CC1. The molecule has 0 amide bonds. The molecule has 0 aliphatic heterocycles.